The highest BCUT2D eigenvalue weighted by Gasteiger charge is 2.53. The van der Waals surface area contributed by atoms with Crippen LogP contribution in [0.3, 0.4) is 0 Å². The molecule has 1 unspecified atom stereocenters. The summed E-state index contributed by atoms with van der Waals surface area (Å²) in [5, 5.41) is 31.9. The fourth-order valence-corrected chi connectivity index (χ4v) is 2.66. The molecule has 5 atom stereocenters. The number of hydrogen-bond donors (Lipinski definition) is 4. The molecule has 1 aliphatic rings. The molecule has 2 rings (SSSR count). The summed E-state index contributed by atoms with van der Waals surface area (Å²) in [4.78, 5) is 39.3. The van der Waals surface area contributed by atoms with Crippen LogP contribution in [0.4, 0.5) is 10.6 Å². The number of nitrogens with zero attached hydrogens (tertiary/aromatic N) is 2. The molecule has 162 valence electrons. The molecule has 1 amide bonds. The van der Waals surface area contributed by atoms with Gasteiger partial charge in [0.1, 0.15) is 23.6 Å². The second-order valence-corrected chi connectivity index (χ2v) is 7.07. The zero-order valence-corrected chi connectivity index (χ0v) is 16.4. The van der Waals surface area contributed by atoms with Crippen molar-refractivity contribution < 1.29 is 39.1 Å². The van der Waals surface area contributed by atoms with Gasteiger partial charge < -0.3 is 29.5 Å². The SMILES string of the molecule is CC(OC(=O)Nc1ccn([C@@H]2O[C@H](CO)[C@@H](O)[C@@]2(C)O)c(=O)n1)OC(=O)C(C)C. The third kappa shape index (κ3) is 5.09. The van der Waals surface area contributed by atoms with E-state index < -0.39 is 60.6 Å². The van der Waals surface area contributed by atoms with E-state index in [1.165, 1.54) is 26.1 Å². The lowest BCUT2D eigenvalue weighted by Crippen LogP contribution is -2.46. The van der Waals surface area contributed by atoms with Gasteiger partial charge in [-0.25, -0.2) is 9.59 Å². The molecule has 0 radical (unpaired) electrons. The molecule has 1 aliphatic heterocycles. The zero-order chi connectivity index (χ0) is 21.9. The normalized spacial score (nSPS) is 27.5. The minimum Gasteiger partial charge on any atom is -0.425 e. The molecular weight excluding hydrogens is 390 g/mol. The lowest BCUT2D eigenvalue weighted by molar-refractivity contribution is -0.168. The van der Waals surface area contributed by atoms with E-state index in [0.29, 0.717) is 0 Å². The molecule has 0 spiro atoms. The predicted molar refractivity (Wildman–Crippen MR) is 96.6 cm³/mol. The number of hydrogen-bond acceptors (Lipinski definition) is 10. The number of esters is 1. The summed E-state index contributed by atoms with van der Waals surface area (Å²) in [7, 11) is 0. The van der Waals surface area contributed by atoms with E-state index in [0.717, 1.165) is 4.57 Å². The Morgan fingerprint density at radius 1 is 1.38 bits per heavy atom. The summed E-state index contributed by atoms with van der Waals surface area (Å²) in [5.41, 5.74) is -2.75. The Hall–Kier alpha value is -2.54. The minimum atomic E-state index is -1.86. The van der Waals surface area contributed by atoms with E-state index in [1.807, 2.05) is 0 Å². The van der Waals surface area contributed by atoms with Gasteiger partial charge in [0.15, 0.2) is 6.23 Å². The first-order chi connectivity index (χ1) is 13.5. The smallest absolute Gasteiger partial charge is 0.415 e. The highest BCUT2D eigenvalue weighted by Crippen LogP contribution is 2.37. The Labute approximate surface area is 166 Å². The standard InChI is InChI=1S/C17H25N3O9/c1-8(2)13(23)27-9(3)28-16(25)19-11-5-6-20(15(24)18-11)14-17(4,26)12(22)10(7-21)29-14/h5-6,8-10,12,14,21-22,26H,7H2,1-4H3,(H,18,19,24,25)/t9?,10-,12-,14-,17-/m1/s1. The van der Waals surface area contributed by atoms with Gasteiger partial charge in [-0.15, -0.1) is 0 Å². The van der Waals surface area contributed by atoms with Crippen LogP contribution in [0.25, 0.3) is 0 Å². The average Bonchev–Trinajstić information content (AvgIpc) is 2.84. The number of aliphatic hydroxyl groups is 3. The van der Waals surface area contributed by atoms with Crippen molar-refractivity contribution in [3.63, 3.8) is 0 Å². The maximum Gasteiger partial charge on any atom is 0.415 e. The van der Waals surface area contributed by atoms with E-state index in [4.69, 9.17) is 14.2 Å². The van der Waals surface area contributed by atoms with E-state index in [1.54, 1.807) is 13.8 Å². The van der Waals surface area contributed by atoms with Crippen LogP contribution in [-0.4, -0.2) is 67.6 Å². The summed E-state index contributed by atoms with van der Waals surface area (Å²) < 4.78 is 16.0. The third-order valence-corrected chi connectivity index (χ3v) is 4.27. The van der Waals surface area contributed by atoms with Gasteiger partial charge in [-0.2, -0.15) is 4.98 Å². The number of nitrogens with one attached hydrogen (secondary N) is 1. The Balaban J connectivity index is 2.05. The summed E-state index contributed by atoms with van der Waals surface area (Å²) >= 11 is 0. The molecule has 1 aromatic rings. The third-order valence-electron chi connectivity index (χ3n) is 4.27. The fourth-order valence-electron chi connectivity index (χ4n) is 2.66. The average molecular weight is 415 g/mol. The van der Waals surface area contributed by atoms with E-state index in [2.05, 4.69) is 10.3 Å². The van der Waals surface area contributed by atoms with Crippen LogP contribution in [0, 0.1) is 5.92 Å². The van der Waals surface area contributed by atoms with Gasteiger partial charge in [0.2, 0.25) is 6.29 Å². The fraction of sp³-hybridized carbons (Fsp3) is 0.647. The number of aliphatic hydroxyl groups excluding tert-OH is 2. The van der Waals surface area contributed by atoms with Crippen molar-refractivity contribution >= 4 is 17.9 Å². The van der Waals surface area contributed by atoms with Gasteiger partial charge in [0, 0.05) is 13.1 Å². The Bertz CT molecular complexity index is 808. The number of aromatic nitrogens is 2. The van der Waals surface area contributed by atoms with E-state index in [9.17, 15) is 29.7 Å². The van der Waals surface area contributed by atoms with Crippen molar-refractivity contribution in [2.24, 2.45) is 5.92 Å². The van der Waals surface area contributed by atoms with Crippen LogP contribution in [0.5, 0.6) is 0 Å². The molecule has 29 heavy (non-hydrogen) atoms. The van der Waals surface area contributed by atoms with Gasteiger partial charge in [-0.05, 0) is 13.0 Å². The molecule has 0 bridgehead atoms. The molecule has 0 saturated carbocycles. The lowest BCUT2D eigenvalue weighted by Gasteiger charge is -2.27. The lowest BCUT2D eigenvalue weighted by atomic mass is 9.96. The number of amides is 1. The molecule has 1 saturated heterocycles. The van der Waals surface area contributed by atoms with Crippen molar-refractivity contribution in [2.45, 2.75) is 58.0 Å². The number of carbonyl (C=O) groups is 2. The van der Waals surface area contributed by atoms with Gasteiger partial charge in [-0.1, -0.05) is 13.8 Å². The highest BCUT2D eigenvalue weighted by atomic mass is 16.7. The first kappa shape index (κ1) is 22.7. The molecule has 4 N–H and O–H groups in total. The quantitative estimate of drug-likeness (QED) is 0.345. The monoisotopic (exact) mass is 415 g/mol. The van der Waals surface area contributed by atoms with Crippen LogP contribution in [0.15, 0.2) is 17.1 Å². The van der Waals surface area contributed by atoms with Crippen molar-refractivity contribution in [1.29, 1.82) is 0 Å². The maximum atomic E-state index is 12.3. The number of ether oxygens (including phenoxy) is 3. The molecular formula is C17H25N3O9. The van der Waals surface area contributed by atoms with Crippen LogP contribution in [0.2, 0.25) is 0 Å². The van der Waals surface area contributed by atoms with Crippen molar-refractivity contribution in [1.82, 2.24) is 9.55 Å². The van der Waals surface area contributed by atoms with E-state index in [-0.39, 0.29) is 5.82 Å². The van der Waals surface area contributed by atoms with Crippen molar-refractivity contribution in [2.75, 3.05) is 11.9 Å². The molecule has 2 heterocycles. The molecule has 1 fully saturated rings. The first-order valence-corrected chi connectivity index (χ1v) is 8.91. The molecule has 0 aliphatic carbocycles. The van der Waals surface area contributed by atoms with Crippen LogP contribution in [0.1, 0.15) is 33.9 Å². The van der Waals surface area contributed by atoms with Gasteiger partial charge in [0.25, 0.3) is 0 Å². The van der Waals surface area contributed by atoms with Crippen molar-refractivity contribution in [3.8, 4) is 0 Å². The molecule has 12 nitrogen and oxygen atoms in total. The number of rotatable bonds is 6. The van der Waals surface area contributed by atoms with Crippen LogP contribution in [-0.2, 0) is 19.0 Å². The summed E-state index contributed by atoms with van der Waals surface area (Å²) in [6.07, 6.45) is -4.76. The van der Waals surface area contributed by atoms with Gasteiger partial charge >= 0.3 is 17.8 Å². The summed E-state index contributed by atoms with van der Waals surface area (Å²) in [6, 6.07) is 1.24. The summed E-state index contributed by atoms with van der Waals surface area (Å²) in [6.45, 7) is 5.31. The van der Waals surface area contributed by atoms with Gasteiger partial charge in [-0.3, -0.25) is 14.7 Å². The summed E-state index contributed by atoms with van der Waals surface area (Å²) in [5.74, 6) is -1.09. The Morgan fingerprint density at radius 3 is 2.55 bits per heavy atom. The van der Waals surface area contributed by atoms with Crippen molar-refractivity contribution in [3.05, 3.63) is 22.7 Å². The topological polar surface area (TPSA) is 169 Å². The molecule has 12 heteroatoms. The number of anilines is 1. The zero-order valence-electron chi connectivity index (χ0n) is 16.4. The van der Waals surface area contributed by atoms with Gasteiger partial charge in [0.05, 0.1) is 12.5 Å². The van der Waals surface area contributed by atoms with Crippen LogP contribution >= 0.6 is 0 Å². The molecule has 1 aromatic heterocycles. The first-order valence-electron chi connectivity index (χ1n) is 8.91. The number of carbonyl (C=O) groups excluding carboxylic acids is 2. The highest BCUT2D eigenvalue weighted by molar-refractivity contribution is 5.83. The second kappa shape index (κ2) is 8.86. The molecule has 0 aromatic carbocycles. The van der Waals surface area contributed by atoms with E-state index >= 15 is 0 Å². The Kier molecular flexibility index (Phi) is 6.95. The Morgan fingerprint density at radius 2 is 2.03 bits per heavy atom. The minimum absolute atomic E-state index is 0.157. The maximum absolute atomic E-state index is 12.3. The second-order valence-electron chi connectivity index (χ2n) is 7.07. The largest absolute Gasteiger partial charge is 0.425 e. The predicted octanol–water partition coefficient (Wildman–Crippen LogP) is -0.661. The van der Waals surface area contributed by atoms with Crippen LogP contribution < -0.4 is 11.0 Å².